The summed E-state index contributed by atoms with van der Waals surface area (Å²) in [6, 6.07) is 4.16. The van der Waals surface area contributed by atoms with Gasteiger partial charge in [-0.25, -0.2) is 8.42 Å². The van der Waals surface area contributed by atoms with Crippen molar-refractivity contribution in [1.82, 2.24) is 14.9 Å². The van der Waals surface area contributed by atoms with E-state index in [2.05, 4.69) is 34.0 Å². The molecule has 0 radical (unpaired) electrons. The topological polar surface area (TPSA) is 83.0 Å². The van der Waals surface area contributed by atoms with Crippen molar-refractivity contribution in [1.29, 1.82) is 0 Å². The van der Waals surface area contributed by atoms with Crippen molar-refractivity contribution in [3.05, 3.63) is 22.4 Å². The Kier molecular flexibility index (Phi) is 10.5. The lowest BCUT2D eigenvalue weighted by Crippen LogP contribution is -2.50. The molecular formula is C17H31IN4O3S2. The van der Waals surface area contributed by atoms with Gasteiger partial charge in [0.2, 0.25) is 10.0 Å². The molecule has 0 spiro atoms. The fourth-order valence-electron chi connectivity index (χ4n) is 2.93. The summed E-state index contributed by atoms with van der Waals surface area (Å²) < 4.78 is 32.2. The molecule has 3 atom stereocenters. The van der Waals surface area contributed by atoms with Gasteiger partial charge in [0.05, 0.1) is 18.0 Å². The molecule has 1 aromatic rings. The first-order valence-corrected chi connectivity index (χ1v) is 11.4. The SMILES string of the molecule is CN=C(NCCS(=O)(=O)N1CC(C)OC(C)C1)NCC(C)c1cccs1.I. The Hall–Kier alpha value is -0.430. The number of thiophene rings is 1. The van der Waals surface area contributed by atoms with Gasteiger partial charge in [0.25, 0.3) is 0 Å². The molecule has 3 unspecified atom stereocenters. The molecule has 27 heavy (non-hydrogen) atoms. The third kappa shape index (κ3) is 7.84. The largest absolute Gasteiger partial charge is 0.373 e. The zero-order chi connectivity index (χ0) is 19.2. The number of halogens is 1. The van der Waals surface area contributed by atoms with Gasteiger partial charge < -0.3 is 15.4 Å². The minimum absolute atomic E-state index is 0. The monoisotopic (exact) mass is 530 g/mol. The number of hydrogen-bond acceptors (Lipinski definition) is 5. The molecule has 1 fully saturated rings. The highest BCUT2D eigenvalue weighted by molar-refractivity contribution is 14.0. The Labute approximate surface area is 184 Å². The Morgan fingerprint density at radius 3 is 2.59 bits per heavy atom. The molecule has 1 saturated heterocycles. The van der Waals surface area contributed by atoms with Gasteiger partial charge in [0, 0.05) is 44.0 Å². The van der Waals surface area contributed by atoms with Gasteiger partial charge >= 0.3 is 0 Å². The summed E-state index contributed by atoms with van der Waals surface area (Å²) in [6.45, 7) is 7.84. The highest BCUT2D eigenvalue weighted by Crippen LogP contribution is 2.19. The zero-order valence-electron chi connectivity index (χ0n) is 16.3. The van der Waals surface area contributed by atoms with Crippen LogP contribution in [0.3, 0.4) is 0 Å². The fourth-order valence-corrected chi connectivity index (χ4v) is 5.21. The molecule has 1 aliphatic heterocycles. The van der Waals surface area contributed by atoms with E-state index in [4.69, 9.17) is 4.74 Å². The van der Waals surface area contributed by atoms with Gasteiger partial charge in [-0.05, 0) is 25.3 Å². The minimum Gasteiger partial charge on any atom is -0.373 e. The van der Waals surface area contributed by atoms with E-state index in [0.717, 1.165) is 6.54 Å². The van der Waals surface area contributed by atoms with Crippen LogP contribution in [0.1, 0.15) is 31.6 Å². The summed E-state index contributed by atoms with van der Waals surface area (Å²) in [5.74, 6) is 1.02. The molecule has 156 valence electrons. The van der Waals surface area contributed by atoms with Crippen LogP contribution in [0.15, 0.2) is 22.5 Å². The van der Waals surface area contributed by atoms with Crippen LogP contribution in [0, 0.1) is 0 Å². The second-order valence-electron chi connectivity index (χ2n) is 6.69. The lowest BCUT2D eigenvalue weighted by Gasteiger charge is -2.34. The Morgan fingerprint density at radius 2 is 2.04 bits per heavy atom. The van der Waals surface area contributed by atoms with E-state index in [9.17, 15) is 8.42 Å². The molecular weight excluding hydrogens is 499 g/mol. The molecule has 10 heteroatoms. The van der Waals surface area contributed by atoms with E-state index < -0.39 is 10.0 Å². The van der Waals surface area contributed by atoms with Crippen LogP contribution in [0.4, 0.5) is 0 Å². The Bertz CT molecular complexity index is 672. The van der Waals surface area contributed by atoms with Gasteiger partial charge in [-0.3, -0.25) is 4.99 Å². The first-order valence-electron chi connectivity index (χ1n) is 8.93. The lowest BCUT2D eigenvalue weighted by molar-refractivity contribution is -0.0440. The molecule has 2 heterocycles. The Morgan fingerprint density at radius 1 is 1.37 bits per heavy atom. The van der Waals surface area contributed by atoms with E-state index in [1.165, 1.54) is 9.18 Å². The summed E-state index contributed by atoms with van der Waals surface area (Å²) in [6.07, 6.45) is -0.149. The number of sulfonamides is 1. The van der Waals surface area contributed by atoms with Crippen LogP contribution in [0.2, 0.25) is 0 Å². The van der Waals surface area contributed by atoms with E-state index in [1.807, 2.05) is 19.9 Å². The van der Waals surface area contributed by atoms with Crippen LogP contribution >= 0.6 is 35.3 Å². The second kappa shape index (κ2) is 11.5. The highest BCUT2D eigenvalue weighted by Gasteiger charge is 2.30. The van der Waals surface area contributed by atoms with Crippen molar-refractivity contribution in [3.8, 4) is 0 Å². The summed E-state index contributed by atoms with van der Waals surface area (Å²) in [5.41, 5.74) is 0. The average molecular weight is 530 g/mol. The molecule has 7 nitrogen and oxygen atoms in total. The van der Waals surface area contributed by atoms with Gasteiger partial charge in [0.15, 0.2) is 5.96 Å². The summed E-state index contributed by atoms with van der Waals surface area (Å²) in [5, 5.41) is 8.41. The molecule has 0 aromatic carbocycles. The molecule has 0 aliphatic carbocycles. The van der Waals surface area contributed by atoms with Crippen molar-refractivity contribution in [2.45, 2.75) is 38.9 Å². The first kappa shape index (κ1) is 24.6. The van der Waals surface area contributed by atoms with Crippen molar-refractivity contribution in [2.75, 3.05) is 39.0 Å². The van der Waals surface area contributed by atoms with Crippen molar-refractivity contribution in [2.24, 2.45) is 4.99 Å². The lowest BCUT2D eigenvalue weighted by atomic mass is 10.1. The van der Waals surface area contributed by atoms with E-state index in [0.29, 0.717) is 31.5 Å². The molecule has 2 N–H and O–H groups in total. The maximum atomic E-state index is 12.5. The number of hydrogen-bond donors (Lipinski definition) is 2. The van der Waals surface area contributed by atoms with Gasteiger partial charge in [-0.2, -0.15) is 4.31 Å². The molecule has 2 rings (SSSR count). The summed E-state index contributed by atoms with van der Waals surface area (Å²) in [4.78, 5) is 5.48. The first-order chi connectivity index (χ1) is 12.3. The minimum atomic E-state index is -3.31. The second-order valence-corrected chi connectivity index (χ2v) is 9.75. The van der Waals surface area contributed by atoms with Crippen LogP contribution in [0.25, 0.3) is 0 Å². The summed E-state index contributed by atoms with van der Waals surface area (Å²) in [7, 11) is -1.62. The molecule has 0 bridgehead atoms. The van der Waals surface area contributed by atoms with Crippen LogP contribution in [0.5, 0.6) is 0 Å². The van der Waals surface area contributed by atoms with Gasteiger partial charge in [-0.1, -0.05) is 13.0 Å². The molecule has 1 aliphatic rings. The molecule has 0 saturated carbocycles. The van der Waals surface area contributed by atoms with Crippen LogP contribution in [-0.2, 0) is 14.8 Å². The number of guanidine groups is 1. The zero-order valence-corrected chi connectivity index (χ0v) is 20.3. The van der Waals surface area contributed by atoms with Gasteiger partial charge in [0.1, 0.15) is 0 Å². The Balaban J connectivity index is 0.00000364. The smallest absolute Gasteiger partial charge is 0.216 e. The third-order valence-corrected chi connectivity index (χ3v) is 7.17. The highest BCUT2D eigenvalue weighted by atomic mass is 127. The predicted octanol–water partition coefficient (Wildman–Crippen LogP) is 2.07. The number of nitrogens with zero attached hydrogens (tertiary/aromatic N) is 2. The maximum Gasteiger partial charge on any atom is 0.216 e. The number of aliphatic imine (C=N–C) groups is 1. The molecule has 0 amide bonds. The average Bonchev–Trinajstić information content (AvgIpc) is 3.11. The standard InChI is InChI=1S/C17H30N4O3S2.HI/c1-13(16-6-5-8-25-16)10-20-17(18-4)19-7-9-26(22,23)21-11-14(2)24-15(3)12-21;/h5-6,8,13-15H,7,9-12H2,1-4H3,(H2,18,19,20);1H. The third-order valence-electron chi connectivity index (χ3n) is 4.26. The predicted molar refractivity (Wildman–Crippen MR) is 123 cm³/mol. The van der Waals surface area contributed by atoms with Crippen LogP contribution in [-0.4, -0.2) is 69.9 Å². The normalized spacial score (nSPS) is 22.7. The number of rotatable bonds is 7. The quantitative estimate of drug-likeness (QED) is 0.321. The fraction of sp³-hybridized carbons (Fsp3) is 0.706. The van der Waals surface area contributed by atoms with E-state index in [-0.39, 0.29) is 41.9 Å². The maximum absolute atomic E-state index is 12.5. The van der Waals surface area contributed by atoms with Crippen molar-refractivity contribution in [3.63, 3.8) is 0 Å². The van der Waals surface area contributed by atoms with Crippen LogP contribution < -0.4 is 10.6 Å². The van der Waals surface area contributed by atoms with Gasteiger partial charge in [-0.15, -0.1) is 35.3 Å². The van der Waals surface area contributed by atoms with E-state index in [1.54, 1.807) is 18.4 Å². The van der Waals surface area contributed by atoms with Crippen molar-refractivity contribution < 1.29 is 13.2 Å². The molecule has 1 aromatic heterocycles. The van der Waals surface area contributed by atoms with E-state index >= 15 is 0 Å². The summed E-state index contributed by atoms with van der Waals surface area (Å²) >= 11 is 1.73. The number of nitrogens with one attached hydrogen (secondary N) is 2. The number of morpholine rings is 1. The van der Waals surface area contributed by atoms with Crippen molar-refractivity contribution >= 4 is 51.3 Å². The number of ether oxygens (including phenoxy) is 1.